The molecule has 1 aromatic heterocycles. The number of nitrogens with one attached hydrogen (secondary N) is 1. The van der Waals surface area contributed by atoms with E-state index in [-0.39, 0.29) is 11.9 Å². The van der Waals surface area contributed by atoms with Gasteiger partial charge < -0.3 is 11.1 Å². The monoisotopic (exact) mass is 270 g/mol. The highest BCUT2D eigenvalue weighted by Gasteiger charge is 2.20. The van der Waals surface area contributed by atoms with E-state index in [4.69, 9.17) is 5.73 Å². The molecule has 0 unspecified atom stereocenters. The summed E-state index contributed by atoms with van der Waals surface area (Å²) in [5.74, 6) is -0.0435. The van der Waals surface area contributed by atoms with Gasteiger partial charge in [-0.25, -0.2) is 0 Å². The fourth-order valence-corrected chi connectivity index (χ4v) is 2.64. The minimum Gasteiger partial charge on any atom is -0.349 e. The highest BCUT2D eigenvalue weighted by atomic mass is 16.1. The van der Waals surface area contributed by atoms with Crippen LogP contribution in [0.5, 0.6) is 0 Å². The summed E-state index contributed by atoms with van der Waals surface area (Å²) in [6.45, 7) is 0. The Kier molecular flexibility index (Phi) is 3.60. The number of benzene rings is 1. The Morgan fingerprint density at radius 1 is 1.10 bits per heavy atom. The molecule has 3 rings (SSSR count). The third kappa shape index (κ3) is 2.77. The molecule has 2 aromatic rings. The number of nitrogens with zero attached hydrogens (tertiary/aromatic N) is 2. The van der Waals surface area contributed by atoms with Crippen molar-refractivity contribution in [3.8, 4) is 0 Å². The maximum atomic E-state index is 12.2. The van der Waals surface area contributed by atoms with Crippen molar-refractivity contribution in [2.24, 2.45) is 5.73 Å². The van der Waals surface area contributed by atoms with Crippen LogP contribution in [0.15, 0.2) is 30.6 Å². The molecule has 1 heterocycles. The molecule has 1 fully saturated rings. The zero-order chi connectivity index (χ0) is 13.9. The normalized spacial score (nSPS) is 22.6. The van der Waals surface area contributed by atoms with Crippen molar-refractivity contribution in [1.82, 2.24) is 15.3 Å². The van der Waals surface area contributed by atoms with Gasteiger partial charge in [0.05, 0.1) is 11.0 Å². The van der Waals surface area contributed by atoms with Gasteiger partial charge >= 0.3 is 0 Å². The van der Waals surface area contributed by atoms with Crippen LogP contribution in [0.4, 0.5) is 0 Å². The molecular weight excluding hydrogens is 252 g/mol. The fourth-order valence-electron chi connectivity index (χ4n) is 2.64. The Labute approximate surface area is 117 Å². The lowest BCUT2D eigenvalue weighted by molar-refractivity contribution is 0.0926. The van der Waals surface area contributed by atoms with E-state index in [1.165, 1.54) is 0 Å². The molecule has 0 atom stereocenters. The van der Waals surface area contributed by atoms with Crippen LogP contribution in [0.1, 0.15) is 36.0 Å². The van der Waals surface area contributed by atoms with E-state index in [2.05, 4.69) is 15.3 Å². The SMILES string of the molecule is NC1CCC(NC(=O)c2ccc3nccnc3c2)CC1. The van der Waals surface area contributed by atoms with Crippen LogP contribution in [0.25, 0.3) is 11.0 Å². The van der Waals surface area contributed by atoms with Crippen molar-refractivity contribution in [2.45, 2.75) is 37.8 Å². The molecule has 1 aliphatic carbocycles. The van der Waals surface area contributed by atoms with Crippen LogP contribution < -0.4 is 11.1 Å². The van der Waals surface area contributed by atoms with Crippen molar-refractivity contribution in [3.63, 3.8) is 0 Å². The quantitative estimate of drug-likeness (QED) is 0.869. The van der Waals surface area contributed by atoms with E-state index >= 15 is 0 Å². The summed E-state index contributed by atoms with van der Waals surface area (Å²) in [6, 6.07) is 5.93. The van der Waals surface area contributed by atoms with Gasteiger partial charge in [0.15, 0.2) is 0 Å². The lowest BCUT2D eigenvalue weighted by Crippen LogP contribution is -2.40. The number of aromatic nitrogens is 2. The summed E-state index contributed by atoms with van der Waals surface area (Å²) in [4.78, 5) is 20.7. The summed E-state index contributed by atoms with van der Waals surface area (Å²) in [5, 5.41) is 3.08. The Morgan fingerprint density at radius 3 is 2.55 bits per heavy atom. The largest absolute Gasteiger partial charge is 0.349 e. The smallest absolute Gasteiger partial charge is 0.251 e. The van der Waals surface area contributed by atoms with Crippen LogP contribution in [0.3, 0.4) is 0 Å². The standard InChI is InChI=1S/C15H18N4O/c16-11-2-4-12(5-3-11)19-15(20)10-1-6-13-14(9-10)18-8-7-17-13/h1,6-9,11-12H,2-5,16H2,(H,19,20). The number of carbonyl (C=O) groups excluding carboxylic acids is 1. The number of rotatable bonds is 2. The van der Waals surface area contributed by atoms with Crippen molar-refractivity contribution in [2.75, 3.05) is 0 Å². The van der Waals surface area contributed by atoms with Crippen LogP contribution in [0.2, 0.25) is 0 Å². The Balaban J connectivity index is 1.72. The average Bonchev–Trinajstić information content (AvgIpc) is 2.49. The molecule has 3 N–H and O–H groups in total. The molecule has 1 aromatic carbocycles. The number of nitrogens with two attached hydrogens (primary N) is 1. The Bertz CT molecular complexity index is 620. The van der Waals surface area contributed by atoms with Crippen molar-refractivity contribution < 1.29 is 4.79 Å². The number of amides is 1. The summed E-state index contributed by atoms with van der Waals surface area (Å²) in [7, 11) is 0. The fraction of sp³-hybridized carbons (Fsp3) is 0.400. The van der Waals surface area contributed by atoms with E-state index in [0.29, 0.717) is 11.6 Å². The van der Waals surface area contributed by atoms with Gasteiger partial charge in [0.25, 0.3) is 5.91 Å². The van der Waals surface area contributed by atoms with Gasteiger partial charge in [0.1, 0.15) is 0 Å². The van der Waals surface area contributed by atoms with E-state index in [1.807, 2.05) is 6.07 Å². The van der Waals surface area contributed by atoms with E-state index < -0.39 is 0 Å². The van der Waals surface area contributed by atoms with Gasteiger partial charge in [-0.05, 0) is 43.9 Å². The number of carbonyl (C=O) groups is 1. The van der Waals surface area contributed by atoms with Gasteiger partial charge in [-0.3, -0.25) is 14.8 Å². The minimum atomic E-state index is -0.0435. The van der Waals surface area contributed by atoms with Gasteiger partial charge in [0, 0.05) is 30.0 Å². The molecule has 1 amide bonds. The maximum absolute atomic E-state index is 12.2. The topological polar surface area (TPSA) is 80.9 Å². The molecule has 1 saturated carbocycles. The predicted molar refractivity (Wildman–Crippen MR) is 77.2 cm³/mol. The first-order valence-electron chi connectivity index (χ1n) is 6.99. The molecule has 104 valence electrons. The van der Waals surface area contributed by atoms with E-state index in [1.54, 1.807) is 24.5 Å². The third-order valence-corrected chi connectivity index (χ3v) is 3.84. The predicted octanol–water partition coefficient (Wildman–Crippen LogP) is 1.63. The molecule has 0 spiro atoms. The molecule has 0 saturated heterocycles. The second-order valence-corrected chi connectivity index (χ2v) is 5.35. The average molecular weight is 270 g/mol. The molecule has 1 aliphatic rings. The van der Waals surface area contributed by atoms with Crippen LogP contribution in [-0.2, 0) is 0 Å². The molecule has 0 bridgehead atoms. The lowest BCUT2D eigenvalue weighted by Gasteiger charge is -2.26. The zero-order valence-corrected chi connectivity index (χ0v) is 11.2. The molecule has 20 heavy (non-hydrogen) atoms. The van der Waals surface area contributed by atoms with Gasteiger partial charge in [-0.15, -0.1) is 0 Å². The van der Waals surface area contributed by atoms with Crippen molar-refractivity contribution >= 4 is 16.9 Å². The molecular formula is C15H18N4O. The first-order chi connectivity index (χ1) is 9.72. The Hall–Kier alpha value is -2.01. The molecule has 5 heteroatoms. The molecule has 0 radical (unpaired) electrons. The van der Waals surface area contributed by atoms with Gasteiger partial charge in [-0.1, -0.05) is 0 Å². The molecule has 0 aliphatic heterocycles. The lowest BCUT2D eigenvalue weighted by atomic mass is 9.91. The highest BCUT2D eigenvalue weighted by Crippen LogP contribution is 2.18. The van der Waals surface area contributed by atoms with Crippen molar-refractivity contribution in [1.29, 1.82) is 0 Å². The van der Waals surface area contributed by atoms with Crippen LogP contribution in [-0.4, -0.2) is 28.0 Å². The highest BCUT2D eigenvalue weighted by molar-refractivity contribution is 5.97. The summed E-state index contributed by atoms with van der Waals surface area (Å²) in [6.07, 6.45) is 7.16. The number of fused-ring (bicyclic) bond motifs is 1. The first-order valence-corrected chi connectivity index (χ1v) is 6.99. The third-order valence-electron chi connectivity index (χ3n) is 3.84. The minimum absolute atomic E-state index is 0.0435. The second-order valence-electron chi connectivity index (χ2n) is 5.35. The zero-order valence-electron chi connectivity index (χ0n) is 11.2. The maximum Gasteiger partial charge on any atom is 0.251 e. The summed E-state index contributed by atoms with van der Waals surface area (Å²) >= 11 is 0. The van der Waals surface area contributed by atoms with Gasteiger partial charge in [0.2, 0.25) is 0 Å². The Morgan fingerprint density at radius 2 is 1.80 bits per heavy atom. The van der Waals surface area contributed by atoms with Crippen LogP contribution in [0, 0.1) is 0 Å². The van der Waals surface area contributed by atoms with E-state index in [9.17, 15) is 4.79 Å². The molecule has 5 nitrogen and oxygen atoms in total. The number of hydrogen-bond donors (Lipinski definition) is 2. The van der Waals surface area contributed by atoms with Crippen LogP contribution >= 0.6 is 0 Å². The first kappa shape index (κ1) is 13.0. The van der Waals surface area contributed by atoms with Crippen molar-refractivity contribution in [3.05, 3.63) is 36.2 Å². The number of hydrogen-bond acceptors (Lipinski definition) is 4. The van der Waals surface area contributed by atoms with Gasteiger partial charge in [-0.2, -0.15) is 0 Å². The second kappa shape index (κ2) is 5.54. The summed E-state index contributed by atoms with van der Waals surface area (Å²) in [5.41, 5.74) is 8.05. The van der Waals surface area contributed by atoms with E-state index in [0.717, 1.165) is 36.7 Å². The summed E-state index contributed by atoms with van der Waals surface area (Å²) < 4.78 is 0.